The Balaban J connectivity index is 1.94. The molecule has 0 spiro atoms. The van der Waals surface area contributed by atoms with E-state index in [1.54, 1.807) is 18.3 Å². The minimum atomic E-state index is -3.76. The maximum absolute atomic E-state index is 11.5. The molecule has 0 unspecified atom stereocenters. The number of sulfonamides is 1. The molecule has 0 radical (unpaired) electrons. The van der Waals surface area contributed by atoms with Gasteiger partial charge in [0.25, 0.3) is 0 Å². The molecule has 0 amide bonds. The van der Waals surface area contributed by atoms with Gasteiger partial charge < -0.3 is 4.90 Å². The topological polar surface area (TPSA) is 98.3 Å². The molecule has 3 aromatic rings. The lowest BCUT2D eigenvalue weighted by atomic mass is 10.1. The zero-order valence-corrected chi connectivity index (χ0v) is 16.3. The van der Waals surface area contributed by atoms with Crippen LogP contribution in [0, 0.1) is 0 Å². The second kappa shape index (κ2) is 7.79. The van der Waals surface area contributed by atoms with Crippen molar-refractivity contribution in [2.24, 2.45) is 5.14 Å². The molecule has 2 N–H and O–H groups in total. The third-order valence-electron chi connectivity index (χ3n) is 4.05. The van der Waals surface area contributed by atoms with Crippen molar-refractivity contribution < 1.29 is 13.2 Å². The second-order valence-electron chi connectivity index (χ2n) is 6.44. The summed E-state index contributed by atoms with van der Waals surface area (Å²) in [5.74, 6) is 0. The highest BCUT2D eigenvalue weighted by Crippen LogP contribution is 2.24. The Morgan fingerprint density at radius 1 is 1.04 bits per heavy atom. The van der Waals surface area contributed by atoms with Crippen LogP contribution in [0.15, 0.2) is 65.8 Å². The van der Waals surface area contributed by atoms with Gasteiger partial charge in [0.1, 0.15) is 5.69 Å². The minimum Gasteiger partial charge on any atom is -0.383 e. The molecule has 0 saturated heterocycles. The van der Waals surface area contributed by atoms with E-state index in [9.17, 15) is 13.2 Å². The molecule has 3 rings (SSSR count). The molecule has 0 atom stereocenters. The molecular weight excluding hydrogens is 376 g/mol. The highest BCUT2D eigenvalue weighted by atomic mass is 32.2. The fourth-order valence-corrected chi connectivity index (χ4v) is 3.12. The van der Waals surface area contributed by atoms with Crippen LogP contribution in [-0.2, 0) is 10.0 Å². The first kappa shape index (κ1) is 19.5. The zero-order valence-electron chi connectivity index (χ0n) is 15.5. The first-order chi connectivity index (χ1) is 13.3. The number of nitrogens with zero attached hydrogens (tertiary/aromatic N) is 3. The summed E-state index contributed by atoms with van der Waals surface area (Å²) in [6.45, 7) is 0. The number of primary sulfonamides is 1. The van der Waals surface area contributed by atoms with E-state index in [0.717, 1.165) is 17.4 Å². The van der Waals surface area contributed by atoms with Crippen LogP contribution in [0.4, 0.5) is 0 Å². The first-order valence-corrected chi connectivity index (χ1v) is 9.96. The number of carbonyl (C=O) groups excluding carboxylic acids is 1. The number of aldehydes is 1. The lowest BCUT2D eigenvalue weighted by Gasteiger charge is -2.04. The molecule has 1 aromatic heterocycles. The fraction of sp³-hybridized carbons (Fsp3) is 0.100. The number of benzene rings is 2. The van der Waals surface area contributed by atoms with Gasteiger partial charge in [-0.25, -0.2) is 18.2 Å². The van der Waals surface area contributed by atoms with Gasteiger partial charge in [-0.3, -0.25) is 4.79 Å². The van der Waals surface area contributed by atoms with Gasteiger partial charge in [-0.15, -0.1) is 0 Å². The number of hydrogen-bond acceptors (Lipinski definition) is 5. The maximum Gasteiger partial charge on any atom is 0.238 e. The predicted molar refractivity (Wildman–Crippen MR) is 108 cm³/mol. The summed E-state index contributed by atoms with van der Waals surface area (Å²) >= 11 is 0. The van der Waals surface area contributed by atoms with Crippen LogP contribution in [0.3, 0.4) is 0 Å². The van der Waals surface area contributed by atoms with E-state index < -0.39 is 10.0 Å². The summed E-state index contributed by atoms with van der Waals surface area (Å²) in [6, 6.07) is 13.7. The van der Waals surface area contributed by atoms with Crippen LogP contribution < -0.4 is 5.14 Å². The highest BCUT2D eigenvalue weighted by Gasteiger charge is 2.13. The van der Waals surface area contributed by atoms with Crippen LogP contribution in [0.2, 0.25) is 0 Å². The first-order valence-electron chi connectivity index (χ1n) is 8.41. The van der Waals surface area contributed by atoms with E-state index in [0.29, 0.717) is 16.9 Å². The third kappa shape index (κ3) is 4.36. The SMILES string of the molecule is CN(C)/C=C/c1ccc(-c2nn(-c3ccc(S(N)(=O)=O)cc3)cc2C=O)cc1. The van der Waals surface area contributed by atoms with Crippen molar-refractivity contribution in [3.05, 3.63) is 72.1 Å². The number of aromatic nitrogens is 2. The fourth-order valence-electron chi connectivity index (χ4n) is 2.61. The van der Waals surface area contributed by atoms with Crippen LogP contribution >= 0.6 is 0 Å². The van der Waals surface area contributed by atoms with Gasteiger partial charge in [0, 0.05) is 25.9 Å². The van der Waals surface area contributed by atoms with Crippen molar-refractivity contribution in [1.82, 2.24) is 14.7 Å². The molecule has 0 saturated carbocycles. The number of carbonyl (C=O) groups is 1. The molecule has 0 aliphatic carbocycles. The number of nitrogens with two attached hydrogens (primary N) is 1. The van der Waals surface area contributed by atoms with Gasteiger partial charge in [-0.1, -0.05) is 24.3 Å². The number of rotatable bonds is 6. The molecule has 0 aliphatic heterocycles. The van der Waals surface area contributed by atoms with E-state index in [-0.39, 0.29) is 4.90 Å². The Hall–Kier alpha value is -3.23. The summed E-state index contributed by atoms with van der Waals surface area (Å²) in [6.07, 6.45) is 6.29. The van der Waals surface area contributed by atoms with Gasteiger partial charge in [-0.2, -0.15) is 5.10 Å². The van der Waals surface area contributed by atoms with Gasteiger partial charge in [0.05, 0.1) is 16.1 Å². The van der Waals surface area contributed by atoms with Crippen LogP contribution in [0.5, 0.6) is 0 Å². The van der Waals surface area contributed by atoms with Gasteiger partial charge in [-0.05, 0) is 42.1 Å². The van der Waals surface area contributed by atoms with Crippen LogP contribution in [-0.4, -0.2) is 43.5 Å². The Kier molecular flexibility index (Phi) is 5.43. The van der Waals surface area contributed by atoms with Crippen molar-refractivity contribution in [1.29, 1.82) is 0 Å². The molecule has 0 bridgehead atoms. The standard InChI is InChI=1S/C20H20N4O3S/c1-23(2)12-11-15-3-5-16(6-4-15)20-17(14-25)13-24(22-20)18-7-9-19(10-8-18)28(21,26)27/h3-14H,1-2H3,(H2,21,26,27)/b12-11+. The summed E-state index contributed by atoms with van der Waals surface area (Å²) in [5.41, 5.74) is 3.44. The van der Waals surface area contributed by atoms with Crippen molar-refractivity contribution in [3.63, 3.8) is 0 Å². The summed E-state index contributed by atoms with van der Waals surface area (Å²) in [7, 11) is 0.134. The summed E-state index contributed by atoms with van der Waals surface area (Å²) < 4.78 is 24.3. The molecule has 0 fully saturated rings. The Morgan fingerprint density at radius 3 is 2.21 bits per heavy atom. The number of hydrogen-bond donors (Lipinski definition) is 1. The van der Waals surface area contributed by atoms with E-state index in [1.807, 2.05) is 55.5 Å². The molecule has 2 aromatic carbocycles. The molecule has 0 aliphatic rings. The summed E-state index contributed by atoms with van der Waals surface area (Å²) in [5, 5.41) is 9.61. The van der Waals surface area contributed by atoms with Crippen molar-refractivity contribution in [3.8, 4) is 16.9 Å². The molecule has 8 heteroatoms. The average molecular weight is 396 g/mol. The maximum atomic E-state index is 11.5. The smallest absolute Gasteiger partial charge is 0.238 e. The largest absolute Gasteiger partial charge is 0.383 e. The Labute approximate surface area is 163 Å². The molecule has 1 heterocycles. The lowest BCUT2D eigenvalue weighted by molar-refractivity contribution is 0.112. The molecule has 144 valence electrons. The molecular formula is C20H20N4O3S. The van der Waals surface area contributed by atoms with E-state index in [4.69, 9.17) is 5.14 Å². The average Bonchev–Trinajstić information content (AvgIpc) is 3.10. The molecule has 7 nitrogen and oxygen atoms in total. The van der Waals surface area contributed by atoms with Crippen LogP contribution in [0.25, 0.3) is 23.0 Å². The Bertz CT molecular complexity index is 1110. The quantitative estimate of drug-likeness (QED) is 0.646. The minimum absolute atomic E-state index is 0.0145. The van der Waals surface area contributed by atoms with Crippen molar-refractivity contribution in [2.75, 3.05) is 14.1 Å². The van der Waals surface area contributed by atoms with E-state index >= 15 is 0 Å². The lowest BCUT2D eigenvalue weighted by Crippen LogP contribution is -2.12. The van der Waals surface area contributed by atoms with Crippen LogP contribution in [0.1, 0.15) is 15.9 Å². The van der Waals surface area contributed by atoms with Gasteiger partial charge in [0.15, 0.2) is 6.29 Å². The Morgan fingerprint density at radius 2 is 1.68 bits per heavy atom. The zero-order chi connectivity index (χ0) is 20.3. The van der Waals surface area contributed by atoms with Gasteiger partial charge in [0.2, 0.25) is 10.0 Å². The third-order valence-corrected chi connectivity index (χ3v) is 4.98. The highest BCUT2D eigenvalue weighted by molar-refractivity contribution is 7.89. The van der Waals surface area contributed by atoms with Crippen molar-refractivity contribution in [2.45, 2.75) is 4.90 Å². The summed E-state index contributed by atoms with van der Waals surface area (Å²) in [4.78, 5) is 13.5. The van der Waals surface area contributed by atoms with Gasteiger partial charge >= 0.3 is 0 Å². The second-order valence-corrected chi connectivity index (χ2v) is 8.00. The van der Waals surface area contributed by atoms with E-state index in [1.165, 1.54) is 16.8 Å². The molecule has 28 heavy (non-hydrogen) atoms. The predicted octanol–water partition coefficient (Wildman–Crippen LogP) is 2.53. The normalized spacial score (nSPS) is 11.7. The monoisotopic (exact) mass is 396 g/mol. The van der Waals surface area contributed by atoms with E-state index in [2.05, 4.69) is 5.10 Å². The van der Waals surface area contributed by atoms with Crippen molar-refractivity contribution >= 4 is 22.4 Å².